The van der Waals surface area contributed by atoms with E-state index in [1.807, 2.05) is 31.2 Å². The quantitative estimate of drug-likeness (QED) is 0.851. The maximum atomic E-state index is 6.25. The number of rotatable bonds is 4. The highest BCUT2D eigenvalue weighted by molar-refractivity contribution is 6.33. The van der Waals surface area contributed by atoms with Gasteiger partial charge in [0.2, 0.25) is 5.89 Å². The fourth-order valence-corrected chi connectivity index (χ4v) is 3.35. The SMILES string of the molecule is Cc1oc(-c2ccccc2Cl)nc1CN1CCCC(N(C)C)C1. The third kappa shape index (κ3) is 3.77. The van der Waals surface area contributed by atoms with Crippen LogP contribution >= 0.6 is 11.6 Å². The molecule has 0 spiro atoms. The molecule has 1 unspecified atom stereocenters. The van der Waals surface area contributed by atoms with Crippen LogP contribution in [0.3, 0.4) is 0 Å². The zero-order valence-corrected chi connectivity index (χ0v) is 14.8. The van der Waals surface area contributed by atoms with E-state index in [4.69, 9.17) is 21.0 Å². The van der Waals surface area contributed by atoms with Gasteiger partial charge in [-0.15, -0.1) is 0 Å². The van der Waals surface area contributed by atoms with E-state index in [0.29, 0.717) is 17.0 Å². The van der Waals surface area contributed by atoms with E-state index < -0.39 is 0 Å². The molecule has 1 saturated heterocycles. The first kappa shape index (κ1) is 16.5. The van der Waals surface area contributed by atoms with Gasteiger partial charge in [-0.25, -0.2) is 4.98 Å². The first-order valence-electron chi connectivity index (χ1n) is 8.14. The van der Waals surface area contributed by atoms with Gasteiger partial charge in [0, 0.05) is 19.1 Å². The average molecular weight is 334 g/mol. The van der Waals surface area contributed by atoms with Crippen LogP contribution in [0.4, 0.5) is 0 Å². The van der Waals surface area contributed by atoms with E-state index in [9.17, 15) is 0 Å². The first-order valence-corrected chi connectivity index (χ1v) is 8.52. The van der Waals surface area contributed by atoms with E-state index in [-0.39, 0.29) is 0 Å². The van der Waals surface area contributed by atoms with Crippen molar-refractivity contribution in [1.29, 1.82) is 0 Å². The normalized spacial score (nSPS) is 19.4. The van der Waals surface area contributed by atoms with Crippen molar-refractivity contribution in [2.24, 2.45) is 0 Å². The van der Waals surface area contributed by atoms with Gasteiger partial charge >= 0.3 is 0 Å². The van der Waals surface area contributed by atoms with Crippen LogP contribution in [0, 0.1) is 6.92 Å². The molecule has 23 heavy (non-hydrogen) atoms. The lowest BCUT2D eigenvalue weighted by atomic mass is 10.0. The monoisotopic (exact) mass is 333 g/mol. The number of nitrogens with zero attached hydrogens (tertiary/aromatic N) is 3. The molecule has 0 saturated carbocycles. The van der Waals surface area contributed by atoms with Gasteiger partial charge in [-0.2, -0.15) is 0 Å². The summed E-state index contributed by atoms with van der Waals surface area (Å²) in [7, 11) is 4.32. The number of halogens is 1. The highest BCUT2D eigenvalue weighted by atomic mass is 35.5. The van der Waals surface area contributed by atoms with E-state index in [2.05, 4.69) is 23.9 Å². The summed E-state index contributed by atoms with van der Waals surface area (Å²) in [4.78, 5) is 9.48. The highest BCUT2D eigenvalue weighted by Crippen LogP contribution is 2.29. The van der Waals surface area contributed by atoms with E-state index in [1.54, 1.807) is 0 Å². The van der Waals surface area contributed by atoms with Gasteiger partial charge in [0.15, 0.2) is 0 Å². The van der Waals surface area contributed by atoms with E-state index in [1.165, 1.54) is 12.8 Å². The Hall–Kier alpha value is -1.36. The Morgan fingerprint density at radius 1 is 1.35 bits per heavy atom. The van der Waals surface area contributed by atoms with Crippen LogP contribution in [0.1, 0.15) is 24.3 Å². The molecule has 0 N–H and O–H groups in total. The van der Waals surface area contributed by atoms with Crippen molar-refractivity contribution in [3.05, 3.63) is 40.7 Å². The van der Waals surface area contributed by atoms with E-state index >= 15 is 0 Å². The molecule has 1 aliphatic rings. The first-order chi connectivity index (χ1) is 11.0. The minimum Gasteiger partial charge on any atom is -0.441 e. The largest absolute Gasteiger partial charge is 0.441 e. The number of aromatic nitrogens is 1. The number of likely N-dealkylation sites (N-methyl/N-ethyl adjacent to an activating group) is 1. The van der Waals surface area contributed by atoms with Crippen molar-refractivity contribution in [2.75, 3.05) is 27.2 Å². The Morgan fingerprint density at radius 3 is 2.87 bits per heavy atom. The Kier molecular flexibility index (Phi) is 5.05. The van der Waals surface area contributed by atoms with Crippen molar-refractivity contribution < 1.29 is 4.42 Å². The zero-order valence-electron chi connectivity index (χ0n) is 14.1. The summed E-state index contributed by atoms with van der Waals surface area (Å²) in [5, 5.41) is 0.672. The molecule has 0 radical (unpaired) electrons. The fraction of sp³-hybridized carbons (Fsp3) is 0.500. The summed E-state index contributed by atoms with van der Waals surface area (Å²) < 4.78 is 5.86. The van der Waals surface area contributed by atoms with Gasteiger partial charge < -0.3 is 9.32 Å². The number of hydrogen-bond donors (Lipinski definition) is 0. The summed E-state index contributed by atoms with van der Waals surface area (Å²) >= 11 is 6.25. The third-order valence-electron chi connectivity index (χ3n) is 4.58. The van der Waals surface area contributed by atoms with Gasteiger partial charge in [0.25, 0.3) is 0 Å². The second-order valence-corrected chi connectivity index (χ2v) is 6.90. The lowest BCUT2D eigenvalue weighted by Gasteiger charge is -2.35. The molecule has 0 amide bonds. The lowest BCUT2D eigenvalue weighted by Crippen LogP contribution is -2.44. The molecule has 0 bridgehead atoms. The van der Waals surface area contributed by atoms with Gasteiger partial charge in [0.1, 0.15) is 5.76 Å². The van der Waals surface area contributed by atoms with Crippen molar-refractivity contribution in [1.82, 2.24) is 14.8 Å². The van der Waals surface area contributed by atoms with Crippen molar-refractivity contribution in [3.8, 4) is 11.5 Å². The minimum absolute atomic E-state index is 0.615. The summed E-state index contributed by atoms with van der Waals surface area (Å²) in [6.45, 7) is 5.03. The number of likely N-dealkylation sites (tertiary alicyclic amines) is 1. The molecular weight excluding hydrogens is 310 g/mol. The van der Waals surface area contributed by atoms with Crippen LogP contribution in [0.2, 0.25) is 5.02 Å². The second-order valence-electron chi connectivity index (χ2n) is 6.50. The molecule has 4 nitrogen and oxygen atoms in total. The highest BCUT2D eigenvalue weighted by Gasteiger charge is 2.23. The lowest BCUT2D eigenvalue weighted by molar-refractivity contribution is 0.126. The summed E-state index contributed by atoms with van der Waals surface area (Å²) in [6.07, 6.45) is 2.50. The maximum absolute atomic E-state index is 6.25. The topological polar surface area (TPSA) is 32.5 Å². The smallest absolute Gasteiger partial charge is 0.228 e. The van der Waals surface area contributed by atoms with Gasteiger partial charge in [0.05, 0.1) is 16.3 Å². The summed E-state index contributed by atoms with van der Waals surface area (Å²) in [5.41, 5.74) is 1.87. The molecule has 1 atom stereocenters. The second kappa shape index (κ2) is 7.04. The molecule has 2 heterocycles. The predicted octanol–water partition coefficient (Wildman–Crippen LogP) is 3.83. The summed E-state index contributed by atoms with van der Waals surface area (Å²) in [6, 6.07) is 8.30. The molecule has 1 fully saturated rings. The fourth-order valence-electron chi connectivity index (χ4n) is 3.13. The Labute approximate surface area is 143 Å². The van der Waals surface area contributed by atoms with E-state index in [0.717, 1.165) is 36.7 Å². The number of oxazole rings is 1. The Balaban J connectivity index is 1.75. The van der Waals surface area contributed by atoms with Gasteiger partial charge in [-0.1, -0.05) is 23.7 Å². The zero-order chi connectivity index (χ0) is 16.4. The maximum Gasteiger partial charge on any atom is 0.228 e. The van der Waals surface area contributed by atoms with Crippen LogP contribution in [0.25, 0.3) is 11.5 Å². The Bertz CT molecular complexity index is 668. The van der Waals surface area contributed by atoms with Crippen LogP contribution in [0.15, 0.2) is 28.7 Å². The average Bonchev–Trinajstić information content (AvgIpc) is 2.89. The molecular formula is C18H24ClN3O. The third-order valence-corrected chi connectivity index (χ3v) is 4.91. The van der Waals surface area contributed by atoms with Crippen LogP contribution in [-0.4, -0.2) is 48.0 Å². The molecule has 2 aromatic rings. The standard InChI is InChI=1S/C18H24ClN3O/c1-13-17(12-22-10-6-7-14(11-22)21(2)3)20-18(23-13)15-8-4-5-9-16(15)19/h4-5,8-9,14H,6-7,10-12H2,1-3H3. The molecule has 1 aromatic heterocycles. The van der Waals surface area contributed by atoms with Crippen LogP contribution in [-0.2, 0) is 6.54 Å². The molecule has 124 valence electrons. The van der Waals surface area contributed by atoms with Crippen LogP contribution in [0.5, 0.6) is 0 Å². The number of hydrogen-bond acceptors (Lipinski definition) is 4. The van der Waals surface area contributed by atoms with Gasteiger partial charge in [-0.05, 0) is 52.5 Å². The molecule has 3 rings (SSSR count). The van der Waals surface area contributed by atoms with Crippen LogP contribution < -0.4 is 0 Å². The number of benzene rings is 1. The number of piperidine rings is 1. The number of aryl methyl sites for hydroxylation is 1. The predicted molar refractivity (Wildman–Crippen MR) is 93.7 cm³/mol. The van der Waals surface area contributed by atoms with Crippen molar-refractivity contribution in [2.45, 2.75) is 32.4 Å². The molecule has 5 heteroatoms. The van der Waals surface area contributed by atoms with Crippen molar-refractivity contribution >= 4 is 11.6 Å². The summed E-state index contributed by atoms with van der Waals surface area (Å²) in [5.74, 6) is 1.50. The minimum atomic E-state index is 0.615. The molecule has 1 aromatic carbocycles. The van der Waals surface area contributed by atoms with Crippen molar-refractivity contribution in [3.63, 3.8) is 0 Å². The Morgan fingerprint density at radius 2 is 2.13 bits per heavy atom. The molecule has 1 aliphatic heterocycles. The molecule has 0 aliphatic carbocycles. The van der Waals surface area contributed by atoms with Gasteiger partial charge in [-0.3, -0.25) is 4.90 Å².